The lowest BCUT2D eigenvalue weighted by Crippen LogP contribution is -2.26. The number of pyridine rings is 1. The summed E-state index contributed by atoms with van der Waals surface area (Å²) in [5.41, 5.74) is 2.95. The summed E-state index contributed by atoms with van der Waals surface area (Å²) in [6, 6.07) is 6.36. The molecule has 0 bridgehead atoms. The van der Waals surface area contributed by atoms with Crippen LogP contribution >= 0.6 is 11.6 Å². The average molecular weight is 333 g/mol. The number of halogens is 2. The molecule has 0 saturated heterocycles. The fraction of sp³-hybridized carbons (Fsp3) is 0.188. The Morgan fingerprint density at radius 1 is 1.26 bits per heavy atom. The Balaban J connectivity index is 2.03. The maximum atomic E-state index is 13.3. The van der Waals surface area contributed by atoms with Gasteiger partial charge in [-0.3, -0.25) is 14.5 Å². The van der Waals surface area contributed by atoms with Gasteiger partial charge in [0.2, 0.25) is 5.91 Å². The highest BCUT2D eigenvalue weighted by Gasteiger charge is 2.11. The van der Waals surface area contributed by atoms with Crippen LogP contribution in [0.25, 0.3) is 22.2 Å². The van der Waals surface area contributed by atoms with Crippen molar-refractivity contribution >= 4 is 28.5 Å². The second-order valence-electron chi connectivity index (χ2n) is 5.35. The van der Waals surface area contributed by atoms with E-state index in [2.05, 4.69) is 10.1 Å². The summed E-state index contributed by atoms with van der Waals surface area (Å²) in [4.78, 5) is 17.7. The lowest BCUT2D eigenvalue weighted by molar-refractivity contribution is -0.129. The summed E-state index contributed by atoms with van der Waals surface area (Å²) >= 11 is 5.83. The fourth-order valence-electron chi connectivity index (χ4n) is 2.19. The van der Waals surface area contributed by atoms with Gasteiger partial charge < -0.3 is 4.90 Å². The highest BCUT2D eigenvalue weighted by molar-refractivity contribution is 6.31. The van der Waals surface area contributed by atoms with Crippen molar-refractivity contribution in [3.8, 4) is 11.1 Å². The van der Waals surface area contributed by atoms with Crippen molar-refractivity contribution in [1.82, 2.24) is 19.7 Å². The van der Waals surface area contributed by atoms with Gasteiger partial charge in [-0.2, -0.15) is 5.10 Å². The van der Waals surface area contributed by atoms with Crippen molar-refractivity contribution in [1.29, 1.82) is 0 Å². The Labute approximate surface area is 137 Å². The van der Waals surface area contributed by atoms with Crippen molar-refractivity contribution in [2.45, 2.75) is 6.54 Å². The summed E-state index contributed by atoms with van der Waals surface area (Å²) in [5, 5.41) is 4.26. The number of amides is 1. The van der Waals surface area contributed by atoms with Gasteiger partial charge in [0.15, 0.2) is 0 Å². The van der Waals surface area contributed by atoms with Crippen LogP contribution in [0.3, 0.4) is 0 Å². The second-order valence-corrected chi connectivity index (χ2v) is 5.75. The molecule has 7 heteroatoms. The van der Waals surface area contributed by atoms with E-state index in [4.69, 9.17) is 11.6 Å². The van der Waals surface area contributed by atoms with E-state index in [0.29, 0.717) is 5.52 Å². The molecule has 23 heavy (non-hydrogen) atoms. The van der Waals surface area contributed by atoms with Gasteiger partial charge in [-0.1, -0.05) is 17.7 Å². The van der Waals surface area contributed by atoms with Gasteiger partial charge in [-0.25, -0.2) is 4.39 Å². The van der Waals surface area contributed by atoms with Crippen LogP contribution in [-0.2, 0) is 11.3 Å². The third kappa shape index (κ3) is 3.03. The predicted molar refractivity (Wildman–Crippen MR) is 86.6 cm³/mol. The van der Waals surface area contributed by atoms with Crippen LogP contribution in [0.4, 0.5) is 4.39 Å². The number of carbonyl (C=O) groups is 1. The van der Waals surface area contributed by atoms with E-state index in [9.17, 15) is 9.18 Å². The van der Waals surface area contributed by atoms with E-state index in [0.717, 1.165) is 16.6 Å². The Kier molecular flexibility index (Phi) is 4.00. The predicted octanol–water partition coefficient (Wildman–Crippen LogP) is 2.98. The molecule has 2 aromatic heterocycles. The Hall–Kier alpha value is -2.47. The zero-order valence-electron chi connectivity index (χ0n) is 12.6. The maximum absolute atomic E-state index is 13.3. The number of nitrogens with zero attached hydrogens (tertiary/aromatic N) is 4. The van der Waals surface area contributed by atoms with Gasteiger partial charge in [0.25, 0.3) is 0 Å². The molecule has 3 rings (SSSR count). The van der Waals surface area contributed by atoms with E-state index in [1.54, 1.807) is 43.3 Å². The van der Waals surface area contributed by atoms with E-state index in [1.165, 1.54) is 11.0 Å². The van der Waals surface area contributed by atoms with Crippen molar-refractivity contribution in [3.05, 3.63) is 47.5 Å². The topological polar surface area (TPSA) is 51.0 Å². The molecule has 1 aromatic carbocycles. The zero-order valence-corrected chi connectivity index (χ0v) is 13.4. The van der Waals surface area contributed by atoms with E-state index in [1.807, 2.05) is 6.07 Å². The van der Waals surface area contributed by atoms with Gasteiger partial charge in [-0.05, 0) is 23.8 Å². The number of fused-ring (bicyclic) bond motifs is 1. The summed E-state index contributed by atoms with van der Waals surface area (Å²) < 4.78 is 14.9. The highest BCUT2D eigenvalue weighted by Crippen LogP contribution is 2.26. The molecule has 0 spiro atoms. The number of rotatable bonds is 3. The van der Waals surface area contributed by atoms with Gasteiger partial charge >= 0.3 is 0 Å². The smallest absolute Gasteiger partial charge is 0.243 e. The third-order valence-electron chi connectivity index (χ3n) is 3.53. The molecule has 0 aliphatic heterocycles. The minimum atomic E-state index is -0.467. The van der Waals surface area contributed by atoms with Gasteiger partial charge in [0, 0.05) is 25.9 Å². The fourth-order valence-corrected chi connectivity index (χ4v) is 2.37. The lowest BCUT2D eigenvalue weighted by Gasteiger charge is -2.11. The van der Waals surface area contributed by atoms with Gasteiger partial charge in [0.1, 0.15) is 17.9 Å². The monoisotopic (exact) mass is 332 g/mol. The molecule has 0 fully saturated rings. The van der Waals surface area contributed by atoms with Crippen molar-refractivity contribution in [2.24, 2.45) is 0 Å². The molecular formula is C16H14ClFN4O. The quantitative estimate of drug-likeness (QED) is 0.741. The van der Waals surface area contributed by atoms with Crippen LogP contribution < -0.4 is 0 Å². The molecule has 3 aromatic rings. The van der Waals surface area contributed by atoms with Crippen LogP contribution in [0.5, 0.6) is 0 Å². The minimum absolute atomic E-state index is 0.0545. The highest BCUT2D eigenvalue weighted by atomic mass is 35.5. The maximum Gasteiger partial charge on any atom is 0.243 e. The number of benzene rings is 1. The van der Waals surface area contributed by atoms with Crippen molar-refractivity contribution in [3.63, 3.8) is 0 Å². The molecule has 2 heterocycles. The first-order valence-electron chi connectivity index (χ1n) is 6.93. The number of carbonyl (C=O) groups excluding carboxylic acids is 1. The number of aromatic nitrogens is 3. The van der Waals surface area contributed by atoms with Gasteiger partial charge in [0.05, 0.1) is 16.7 Å². The number of likely N-dealkylation sites (N-methyl/N-ethyl adjacent to an activating group) is 1. The SMILES string of the molecule is CN(C)C(=O)Cn1ncc2ncc(-c3ccc(F)c(Cl)c3)cc21. The molecule has 118 valence electrons. The first kappa shape index (κ1) is 15.4. The van der Waals surface area contributed by atoms with Crippen molar-refractivity contribution < 1.29 is 9.18 Å². The summed E-state index contributed by atoms with van der Waals surface area (Å²) in [5.74, 6) is -0.531. The molecule has 0 N–H and O–H groups in total. The van der Waals surface area contributed by atoms with Crippen LogP contribution in [0, 0.1) is 5.82 Å². The first-order valence-corrected chi connectivity index (χ1v) is 7.30. The van der Waals surface area contributed by atoms with Crippen LogP contribution in [0.15, 0.2) is 36.7 Å². The number of hydrogen-bond acceptors (Lipinski definition) is 3. The molecule has 0 radical (unpaired) electrons. The van der Waals surface area contributed by atoms with E-state index >= 15 is 0 Å². The van der Waals surface area contributed by atoms with Crippen LogP contribution in [0.1, 0.15) is 0 Å². The van der Waals surface area contributed by atoms with Crippen LogP contribution in [-0.4, -0.2) is 39.7 Å². The first-order chi connectivity index (χ1) is 11.0. The standard InChI is InChI=1S/C16H14ClFN4O/c1-21(2)16(23)9-22-15-6-11(7-19-14(15)8-20-22)10-3-4-13(18)12(17)5-10/h3-8H,9H2,1-2H3. The Bertz CT molecular complexity index is 891. The summed E-state index contributed by atoms with van der Waals surface area (Å²) in [6.07, 6.45) is 3.28. The summed E-state index contributed by atoms with van der Waals surface area (Å²) in [7, 11) is 3.39. The molecule has 1 amide bonds. The Morgan fingerprint density at radius 2 is 2.04 bits per heavy atom. The largest absolute Gasteiger partial charge is 0.347 e. The van der Waals surface area contributed by atoms with E-state index < -0.39 is 5.82 Å². The minimum Gasteiger partial charge on any atom is -0.347 e. The molecule has 0 saturated carbocycles. The molecule has 0 unspecified atom stereocenters. The Morgan fingerprint density at radius 3 is 2.74 bits per heavy atom. The van der Waals surface area contributed by atoms with E-state index in [-0.39, 0.29) is 17.5 Å². The summed E-state index contributed by atoms with van der Waals surface area (Å²) in [6.45, 7) is 0.131. The molecule has 0 atom stereocenters. The molecule has 5 nitrogen and oxygen atoms in total. The average Bonchev–Trinajstić information content (AvgIpc) is 2.92. The number of hydrogen-bond donors (Lipinski definition) is 0. The molecule has 0 aliphatic carbocycles. The van der Waals surface area contributed by atoms with Gasteiger partial charge in [-0.15, -0.1) is 0 Å². The lowest BCUT2D eigenvalue weighted by atomic mass is 10.1. The van der Waals surface area contributed by atoms with Crippen LogP contribution in [0.2, 0.25) is 5.02 Å². The normalized spacial score (nSPS) is 11.0. The zero-order chi connectivity index (χ0) is 16.6. The third-order valence-corrected chi connectivity index (χ3v) is 3.82. The van der Waals surface area contributed by atoms with Crippen molar-refractivity contribution in [2.75, 3.05) is 14.1 Å². The molecule has 0 aliphatic rings. The second kappa shape index (κ2) is 5.96. The molecular weight excluding hydrogens is 319 g/mol.